The average Bonchev–Trinajstić information content (AvgIpc) is 1.71. The summed E-state index contributed by atoms with van der Waals surface area (Å²) in [4.78, 5) is 27.5. The molecule has 2 saturated heterocycles. The summed E-state index contributed by atoms with van der Waals surface area (Å²) in [6.45, 7) is 12.3. The van der Waals surface area contributed by atoms with E-state index in [0.717, 1.165) is 11.1 Å². The van der Waals surface area contributed by atoms with Crippen LogP contribution in [0.2, 0.25) is 0 Å². The lowest BCUT2D eigenvalue weighted by Gasteiger charge is -2.20. The fraction of sp³-hybridized carbons (Fsp3) is 0.452. The Morgan fingerprint density at radius 2 is 0.921 bits per heavy atom. The number of fused-ring (bicyclic) bond motifs is 2. The van der Waals surface area contributed by atoms with Crippen molar-refractivity contribution in [2.45, 2.75) is 116 Å². The van der Waals surface area contributed by atoms with E-state index in [0.29, 0.717) is 52.9 Å². The van der Waals surface area contributed by atoms with Crippen LogP contribution >= 0.6 is 10.7 Å². The number of nitrogens with one attached hydrogen (secondary N) is 3. The summed E-state index contributed by atoms with van der Waals surface area (Å²) >= 11 is 0. The van der Waals surface area contributed by atoms with Crippen molar-refractivity contribution in [3.63, 3.8) is 0 Å². The van der Waals surface area contributed by atoms with Gasteiger partial charge in [-0.3, -0.25) is 9.13 Å². The highest BCUT2D eigenvalue weighted by atomic mass is 35.7. The van der Waals surface area contributed by atoms with Gasteiger partial charge in [0.25, 0.3) is 0 Å². The van der Waals surface area contributed by atoms with Gasteiger partial charge in [-0.2, -0.15) is 0 Å². The molecule has 0 spiro atoms. The predicted molar refractivity (Wildman–Crippen MR) is 340 cm³/mol. The molecular weight excluding hydrogens is 1200 g/mol. The summed E-state index contributed by atoms with van der Waals surface area (Å²) in [7, 11) is 1.05. The van der Waals surface area contributed by atoms with Crippen molar-refractivity contribution in [3.8, 4) is 0 Å². The van der Waals surface area contributed by atoms with Gasteiger partial charge in [0.05, 0.1) is 50.5 Å². The summed E-state index contributed by atoms with van der Waals surface area (Å²) in [5.74, 6) is 1.58. The molecule has 9 N–H and O–H groups in total. The first-order chi connectivity index (χ1) is 42.3. The Bertz CT molecular complexity index is 3690. The molecule has 0 unspecified atom stereocenters. The first-order valence-electron chi connectivity index (χ1n) is 29.0. The SMILES string of the molecule is CC(C)(C)CS(=O)(=O)Cl.COC[C@H]1O[C@@H](n2cnc3c(NCC(c4ccccc4)c4ccccc4)nc(CN)nc32)[C@H](O)[C@@H]1O.COC[C@H]1O[C@@H](n2cnc3c(NCC(c4ccccc4)c4ccccc4)nc(CNS(=O)(=O)CC(C)(C)C)nc32)[C@H](O)[C@@H]1O. The number of imidazole rings is 2. The van der Waals surface area contributed by atoms with Crippen molar-refractivity contribution in [2.24, 2.45) is 16.6 Å². The first-order valence-corrected chi connectivity index (χ1v) is 33.1. The largest absolute Gasteiger partial charge is 0.387 e. The minimum Gasteiger partial charge on any atom is -0.387 e. The van der Waals surface area contributed by atoms with E-state index < -0.39 is 73.6 Å². The maximum atomic E-state index is 12.8. The number of methoxy groups -OCH3 is 2. The molecule has 4 aromatic heterocycles. The number of hydrogen-bond donors (Lipinski definition) is 8. The van der Waals surface area contributed by atoms with Gasteiger partial charge in [-0.25, -0.2) is 51.5 Å². The molecule has 10 rings (SSSR count). The van der Waals surface area contributed by atoms with Crippen LogP contribution in [-0.4, -0.2) is 165 Å². The normalized spacial score (nSPS) is 20.6. The fourth-order valence-corrected chi connectivity index (χ4v) is 14.2. The third kappa shape index (κ3) is 18.3. The summed E-state index contributed by atoms with van der Waals surface area (Å²) in [6.07, 6.45) is -5.01. The lowest BCUT2D eigenvalue weighted by Crippen LogP contribution is -2.33. The lowest BCUT2D eigenvalue weighted by molar-refractivity contribution is -0.0580. The molecule has 2 fully saturated rings. The monoisotopic (exact) mass is 1280 g/mol. The molecule has 8 aromatic rings. The number of aliphatic hydroxyl groups is 4. The number of halogens is 1. The van der Waals surface area contributed by atoms with Crippen LogP contribution in [0.25, 0.3) is 22.3 Å². The number of sulfonamides is 1. The Hall–Kier alpha value is -6.63. The van der Waals surface area contributed by atoms with Gasteiger partial charge in [-0.1, -0.05) is 163 Å². The zero-order chi connectivity index (χ0) is 64.3. The first kappa shape index (κ1) is 68.3. The maximum absolute atomic E-state index is 12.8. The minimum absolute atomic E-state index is 0.0248. The van der Waals surface area contributed by atoms with Crippen molar-refractivity contribution in [3.05, 3.63) is 168 Å². The van der Waals surface area contributed by atoms with E-state index in [9.17, 15) is 37.3 Å². The van der Waals surface area contributed by atoms with Gasteiger partial charge < -0.3 is 55.7 Å². The average molecular weight is 1290 g/mol. The molecule has 0 amide bonds. The number of benzene rings is 4. The van der Waals surface area contributed by atoms with Gasteiger partial charge in [0.15, 0.2) is 46.4 Å². The molecule has 2 aliphatic heterocycles. The predicted octanol–water partition coefficient (Wildman–Crippen LogP) is 6.20. The summed E-state index contributed by atoms with van der Waals surface area (Å²) in [5.41, 5.74) is 11.5. The molecule has 0 bridgehead atoms. The Kier molecular flexibility index (Phi) is 23.0. The number of ether oxygens (including phenoxy) is 4. The van der Waals surface area contributed by atoms with Crippen LogP contribution in [-0.2, 0) is 51.1 Å². The van der Waals surface area contributed by atoms with Crippen molar-refractivity contribution < 1.29 is 56.2 Å². The summed E-state index contributed by atoms with van der Waals surface area (Å²) in [5, 5.41) is 49.3. The van der Waals surface area contributed by atoms with E-state index in [1.807, 2.05) is 114 Å². The van der Waals surface area contributed by atoms with E-state index in [4.69, 9.17) is 35.4 Å². The molecule has 8 atom stereocenters. The van der Waals surface area contributed by atoms with Gasteiger partial charge >= 0.3 is 0 Å². The van der Waals surface area contributed by atoms with E-state index in [2.05, 4.69) is 93.8 Å². The second kappa shape index (κ2) is 30.0. The Labute approximate surface area is 523 Å². The van der Waals surface area contributed by atoms with Gasteiger partial charge in [0.2, 0.25) is 19.1 Å². The molecule has 24 nitrogen and oxygen atoms in total. The molecular formula is C62H81ClN12O12S2. The topological polar surface area (TPSA) is 335 Å². The molecule has 4 aromatic carbocycles. The molecule has 89 heavy (non-hydrogen) atoms. The number of aliphatic hydroxyl groups excluding tert-OH is 4. The van der Waals surface area contributed by atoms with Crippen LogP contribution in [0.5, 0.6) is 0 Å². The van der Waals surface area contributed by atoms with Gasteiger partial charge in [0.1, 0.15) is 48.3 Å². The Morgan fingerprint density at radius 1 is 0.562 bits per heavy atom. The number of rotatable bonds is 22. The fourth-order valence-electron chi connectivity index (χ4n) is 10.5. The second-order valence-electron chi connectivity index (χ2n) is 24.2. The maximum Gasteiger partial charge on any atom is 0.233 e. The molecule has 0 radical (unpaired) electrons. The zero-order valence-corrected chi connectivity index (χ0v) is 53.4. The standard InChI is InChI=1S/C31H40N6O6S.C26H30N6O4.C5H11ClO2S/c1-31(2,3)18-44(40,41)34-16-24-35-28(32-15-22(20-11-7-5-8-12-20)21-13-9-6-10-14-21)25-29(36-24)37(19-33-25)30-27(39)26(38)23(43-30)17-42-4;1-35-14-19-22(33)23(34)26(36-19)32-15-29-21-24(30-20(12-27)31-25(21)32)28-13-18(16-8-4-2-5-9-16)17-10-6-3-7-11-17;1-5(2,3)4-9(6,7)8/h5-14,19,22-23,26-27,30,34,38-39H,15-18H2,1-4H3,(H,32,35,36);2-11,15,18-19,22-23,26,33-34H,12-14,27H2,1H3,(H,28,30,31);4H2,1-3H3/t23-,26-,27-,30-;19-,22-,23-,26-;/m11./s1. The van der Waals surface area contributed by atoms with E-state index in [-0.39, 0.29) is 60.9 Å². The highest BCUT2D eigenvalue weighted by Gasteiger charge is 2.46. The van der Waals surface area contributed by atoms with Crippen LogP contribution in [0.3, 0.4) is 0 Å². The second-order valence-corrected chi connectivity index (χ2v) is 28.8. The van der Waals surface area contributed by atoms with Gasteiger partial charge in [-0.15, -0.1) is 0 Å². The lowest BCUT2D eigenvalue weighted by atomic mass is 9.91. The van der Waals surface area contributed by atoms with Crippen molar-refractivity contribution in [1.29, 1.82) is 0 Å². The number of nitrogens with zero attached hydrogens (tertiary/aromatic N) is 8. The summed E-state index contributed by atoms with van der Waals surface area (Å²) in [6, 6.07) is 40.7. The molecule has 0 saturated carbocycles. The molecule has 27 heteroatoms. The van der Waals surface area contributed by atoms with Crippen LogP contribution in [0.4, 0.5) is 11.6 Å². The minimum atomic E-state index is -3.63. The number of anilines is 2. The quantitative estimate of drug-likeness (QED) is 0.0350. The van der Waals surface area contributed by atoms with Gasteiger partial charge in [0, 0.05) is 49.8 Å². The molecule has 6 heterocycles. The van der Waals surface area contributed by atoms with E-state index in [1.54, 1.807) is 4.57 Å². The number of hydrogen-bond acceptors (Lipinski definition) is 21. The Morgan fingerprint density at radius 3 is 1.25 bits per heavy atom. The van der Waals surface area contributed by atoms with Gasteiger partial charge in [-0.05, 0) is 33.1 Å². The summed E-state index contributed by atoms with van der Waals surface area (Å²) < 4.78 is 74.3. The molecule has 480 valence electrons. The van der Waals surface area contributed by atoms with Crippen molar-refractivity contribution in [1.82, 2.24) is 43.8 Å². The van der Waals surface area contributed by atoms with Crippen LogP contribution in [0, 0.1) is 10.8 Å². The Balaban J connectivity index is 0.000000205. The highest BCUT2D eigenvalue weighted by Crippen LogP contribution is 2.36. The van der Waals surface area contributed by atoms with Crippen LogP contribution in [0.1, 0.15) is 99.7 Å². The number of nitrogens with two attached hydrogens (primary N) is 1. The zero-order valence-electron chi connectivity index (χ0n) is 51.0. The van der Waals surface area contributed by atoms with Crippen LogP contribution in [0.15, 0.2) is 134 Å². The third-order valence-corrected chi connectivity index (χ3v) is 17.8. The highest BCUT2D eigenvalue weighted by molar-refractivity contribution is 8.13. The molecule has 2 aliphatic rings. The van der Waals surface area contributed by atoms with E-state index in [1.165, 1.54) is 42.6 Å². The third-order valence-electron chi connectivity index (χ3n) is 14.4. The van der Waals surface area contributed by atoms with Crippen molar-refractivity contribution in [2.75, 3.05) is 62.7 Å². The smallest absolute Gasteiger partial charge is 0.233 e. The van der Waals surface area contributed by atoms with Crippen molar-refractivity contribution >= 4 is 63.7 Å². The number of aromatic nitrogens is 8. The van der Waals surface area contributed by atoms with Crippen LogP contribution < -0.4 is 21.1 Å². The molecule has 0 aliphatic carbocycles. The van der Waals surface area contributed by atoms with E-state index >= 15 is 0 Å².